The molecule has 0 bridgehead atoms. The van der Waals surface area contributed by atoms with Gasteiger partial charge in [0.05, 0.1) is 24.8 Å². The third-order valence-corrected chi connectivity index (χ3v) is 5.35. The molecule has 2 aliphatic rings. The van der Waals surface area contributed by atoms with Crippen molar-refractivity contribution in [3.63, 3.8) is 0 Å². The van der Waals surface area contributed by atoms with Gasteiger partial charge in [-0.1, -0.05) is 6.42 Å². The number of Topliss-reactive ketones (excluding diaryl/α,β-unsaturated/α-hetero) is 1. The zero-order valence-electron chi connectivity index (χ0n) is 13.8. The lowest BCUT2D eigenvalue weighted by atomic mass is 9.82. The van der Waals surface area contributed by atoms with Crippen LogP contribution < -0.4 is 0 Å². The van der Waals surface area contributed by atoms with E-state index >= 15 is 0 Å². The number of ether oxygens (including phenoxy) is 1. The van der Waals surface area contributed by atoms with Crippen molar-refractivity contribution in [2.45, 2.75) is 31.7 Å². The van der Waals surface area contributed by atoms with E-state index in [-0.39, 0.29) is 28.5 Å². The lowest BCUT2D eigenvalue weighted by Gasteiger charge is -2.40. The molecule has 4 rings (SSSR count). The number of carbonyl (C=O) groups excluding carboxylic acids is 2. The second kappa shape index (κ2) is 6.72. The maximum Gasteiger partial charge on any atom is 0.266 e. The molecule has 25 heavy (non-hydrogen) atoms. The monoisotopic (exact) mass is 360 g/mol. The van der Waals surface area contributed by atoms with Crippen LogP contribution in [0.3, 0.4) is 0 Å². The van der Waals surface area contributed by atoms with E-state index in [2.05, 4.69) is 4.98 Å². The molecule has 0 radical (unpaired) electrons. The minimum absolute atomic E-state index is 0.0871. The number of amides is 1. The first-order valence-electron chi connectivity index (χ1n) is 8.68. The number of carbonyl (C=O) groups is 2. The number of rotatable bonds is 2. The van der Waals surface area contributed by atoms with Crippen molar-refractivity contribution in [3.05, 3.63) is 28.6 Å². The van der Waals surface area contributed by atoms with Crippen LogP contribution in [0, 0.1) is 10.8 Å². The van der Waals surface area contributed by atoms with Crippen LogP contribution in [0.1, 0.15) is 36.0 Å². The number of morpholine rings is 1. The van der Waals surface area contributed by atoms with E-state index in [1.54, 1.807) is 23.1 Å². The number of aromatic amines is 1. The molecule has 1 saturated heterocycles. The molecule has 1 aromatic heterocycles. The molecule has 1 aliphatic carbocycles. The third-order valence-electron chi connectivity index (χ3n) is 5.16. The van der Waals surface area contributed by atoms with Crippen molar-refractivity contribution < 1.29 is 18.7 Å². The Bertz CT molecular complexity index is 871. The van der Waals surface area contributed by atoms with Gasteiger partial charge in [-0.15, -0.1) is 0 Å². The van der Waals surface area contributed by atoms with Crippen molar-refractivity contribution in [1.29, 1.82) is 0 Å². The highest BCUT2D eigenvalue weighted by Crippen LogP contribution is 2.29. The molecule has 2 heterocycles. The molecule has 1 aliphatic heterocycles. The van der Waals surface area contributed by atoms with Gasteiger partial charge in [-0.25, -0.2) is 0 Å². The Morgan fingerprint density at radius 3 is 3.04 bits per heavy atom. The fourth-order valence-corrected chi connectivity index (χ4v) is 4.07. The van der Waals surface area contributed by atoms with E-state index in [4.69, 9.17) is 21.4 Å². The number of hydrogen-bond donors (Lipinski definition) is 1. The molecular formula is C18H20N2O4S. The summed E-state index contributed by atoms with van der Waals surface area (Å²) in [5.41, 5.74) is 1.87. The third kappa shape index (κ3) is 3.14. The van der Waals surface area contributed by atoms with E-state index < -0.39 is 0 Å². The van der Waals surface area contributed by atoms with Gasteiger partial charge in [0.15, 0.2) is 5.58 Å². The van der Waals surface area contributed by atoms with Crippen molar-refractivity contribution in [2.75, 3.05) is 19.8 Å². The molecule has 2 fully saturated rings. The van der Waals surface area contributed by atoms with Crippen LogP contribution in [0.2, 0.25) is 0 Å². The number of nitrogens with zero attached hydrogens (tertiary/aromatic N) is 1. The van der Waals surface area contributed by atoms with E-state index in [1.807, 2.05) is 0 Å². The Hall–Kier alpha value is -1.99. The average Bonchev–Trinajstić information content (AvgIpc) is 3.00. The predicted octanol–water partition coefficient (Wildman–Crippen LogP) is 3.09. The van der Waals surface area contributed by atoms with Crippen molar-refractivity contribution in [2.24, 2.45) is 5.92 Å². The van der Waals surface area contributed by atoms with Crippen molar-refractivity contribution in [1.82, 2.24) is 9.88 Å². The van der Waals surface area contributed by atoms with E-state index in [0.29, 0.717) is 37.3 Å². The van der Waals surface area contributed by atoms with Gasteiger partial charge in [-0.05, 0) is 43.3 Å². The van der Waals surface area contributed by atoms with Crippen LogP contribution in [0.25, 0.3) is 11.1 Å². The minimum atomic E-state index is -0.178. The van der Waals surface area contributed by atoms with E-state index in [1.165, 1.54) is 0 Å². The lowest BCUT2D eigenvalue weighted by Crippen LogP contribution is -2.54. The number of ketones is 1. The van der Waals surface area contributed by atoms with Gasteiger partial charge in [0.2, 0.25) is 0 Å². The molecule has 2 aromatic rings. The molecule has 2 atom stereocenters. The molecule has 0 unspecified atom stereocenters. The molecule has 1 saturated carbocycles. The molecule has 1 amide bonds. The Morgan fingerprint density at radius 1 is 1.32 bits per heavy atom. The summed E-state index contributed by atoms with van der Waals surface area (Å²) >= 11 is 4.99. The highest BCUT2D eigenvalue weighted by molar-refractivity contribution is 7.71. The first-order valence-corrected chi connectivity index (χ1v) is 9.08. The molecule has 1 aromatic carbocycles. The number of benzene rings is 1. The molecule has 7 heteroatoms. The second-order valence-corrected chi connectivity index (χ2v) is 7.06. The minimum Gasteiger partial charge on any atom is -0.429 e. The SMILES string of the molecule is O=C1CCCC[C@H]1[C@H]1COCCN1C(=O)c1ccc2[nH]c(=S)oc2c1. The lowest BCUT2D eigenvalue weighted by molar-refractivity contribution is -0.129. The highest BCUT2D eigenvalue weighted by Gasteiger charge is 2.38. The Kier molecular flexibility index (Phi) is 4.43. The first kappa shape index (κ1) is 16.5. The molecule has 0 spiro atoms. The fourth-order valence-electron chi connectivity index (χ4n) is 3.87. The summed E-state index contributed by atoms with van der Waals surface area (Å²) in [6.07, 6.45) is 3.43. The van der Waals surface area contributed by atoms with Crippen molar-refractivity contribution in [3.8, 4) is 0 Å². The number of aromatic nitrogens is 1. The standard InChI is InChI=1S/C18H20N2O4S/c21-15-4-2-1-3-12(15)14-10-23-8-7-20(14)17(22)11-5-6-13-16(9-11)24-18(25)19-13/h5-6,9,12,14H,1-4,7-8,10H2,(H,19,25)/t12-,14+/m0/s1. The predicted molar refractivity (Wildman–Crippen MR) is 94.0 cm³/mol. The first-order chi connectivity index (χ1) is 12.1. The van der Waals surface area contributed by atoms with E-state index in [9.17, 15) is 9.59 Å². The van der Waals surface area contributed by atoms with Gasteiger partial charge >= 0.3 is 0 Å². The van der Waals surface area contributed by atoms with E-state index in [0.717, 1.165) is 24.8 Å². The summed E-state index contributed by atoms with van der Waals surface area (Å²) in [6.45, 7) is 1.42. The van der Waals surface area contributed by atoms with Gasteiger partial charge in [-0.2, -0.15) is 0 Å². The number of hydrogen-bond acceptors (Lipinski definition) is 5. The van der Waals surface area contributed by atoms with Gasteiger partial charge in [0.1, 0.15) is 5.78 Å². The van der Waals surface area contributed by atoms with Gasteiger partial charge in [0, 0.05) is 24.4 Å². The average molecular weight is 360 g/mol. The van der Waals surface area contributed by atoms with Crippen LogP contribution >= 0.6 is 12.2 Å². The normalized spacial score (nSPS) is 24.6. The second-order valence-electron chi connectivity index (χ2n) is 6.68. The maximum atomic E-state index is 13.1. The summed E-state index contributed by atoms with van der Waals surface area (Å²) in [4.78, 5) is 30.5. The molecule has 6 nitrogen and oxygen atoms in total. The topological polar surface area (TPSA) is 75.5 Å². The summed E-state index contributed by atoms with van der Waals surface area (Å²) in [7, 11) is 0. The number of fused-ring (bicyclic) bond motifs is 1. The number of oxazole rings is 1. The molecule has 1 N–H and O–H groups in total. The summed E-state index contributed by atoms with van der Waals surface area (Å²) in [6, 6.07) is 5.09. The van der Waals surface area contributed by atoms with Gasteiger partial charge < -0.3 is 19.0 Å². The Morgan fingerprint density at radius 2 is 2.20 bits per heavy atom. The maximum absolute atomic E-state index is 13.1. The largest absolute Gasteiger partial charge is 0.429 e. The molecule has 132 valence electrons. The number of H-pyrrole nitrogens is 1. The highest BCUT2D eigenvalue weighted by atomic mass is 32.1. The summed E-state index contributed by atoms with van der Waals surface area (Å²) < 4.78 is 11.0. The van der Waals surface area contributed by atoms with Gasteiger partial charge in [0.25, 0.3) is 10.7 Å². The van der Waals surface area contributed by atoms with Crippen LogP contribution in [0.15, 0.2) is 22.6 Å². The number of nitrogens with one attached hydrogen (secondary N) is 1. The van der Waals surface area contributed by atoms with Crippen LogP contribution in [-0.4, -0.2) is 47.4 Å². The fraction of sp³-hybridized carbons (Fsp3) is 0.500. The van der Waals surface area contributed by atoms with Crippen LogP contribution in [-0.2, 0) is 9.53 Å². The van der Waals surface area contributed by atoms with Gasteiger partial charge in [-0.3, -0.25) is 9.59 Å². The zero-order valence-corrected chi connectivity index (χ0v) is 14.6. The van der Waals surface area contributed by atoms with Crippen LogP contribution in [0.4, 0.5) is 0 Å². The quantitative estimate of drug-likeness (QED) is 0.833. The summed E-state index contributed by atoms with van der Waals surface area (Å²) in [5.74, 6) is 0.0557. The van der Waals surface area contributed by atoms with Crippen LogP contribution in [0.5, 0.6) is 0 Å². The summed E-state index contributed by atoms with van der Waals surface area (Å²) in [5, 5.41) is 0. The Balaban J connectivity index is 1.63. The molecular weight excluding hydrogens is 340 g/mol. The smallest absolute Gasteiger partial charge is 0.266 e. The van der Waals surface area contributed by atoms with Crippen molar-refractivity contribution >= 4 is 35.0 Å². The Labute approximate surface area is 150 Å². The zero-order chi connectivity index (χ0) is 17.4.